The van der Waals surface area contributed by atoms with E-state index in [1.54, 1.807) is 24.1 Å². The summed E-state index contributed by atoms with van der Waals surface area (Å²) in [6.45, 7) is 1.54. The molecule has 0 aromatic heterocycles. The molecular formula is C15H22N2O4S. The Morgan fingerprint density at radius 3 is 2.59 bits per heavy atom. The molecule has 0 radical (unpaired) electrons. The molecule has 7 heteroatoms. The van der Waals surface area contributed by atoms with Crippen LogP contribution in [-0.2, 0) is 19.6 Å². The lowest BCUT2D eigenvalue weighted by Crippen LogP contribution is -2.35. The third kappa shape index (κ3) is 4.28. The molecule has 1 heterocycles. The normalized spacial score (nSPS) is 16.0. The van der Waals surface area contributed by atoms with Gasteiger partial charge in [0.1, 0.15) is 0 Å². The molecule has 1 aliphatic rings. The molecule has 1 saturated heterocycles. The number of carbonyl (C=O) groups is 1. The summed E-state index contributed by atoms with van der Waals surface area (Å²) in [5.41, 5.74) is 0.753. The molecule has 122 valence electrons. The van der Waals surface area contributed by atoms with Gasteiger partial charge in [-0.25, -0.2) is 13.1 Å². The fraction of sp³-hybridized carbons (Fsp3) is 0.533. The Bertz CT molecular complexity index is 598. The summed E-state index contributed by atoms with van der Waals surface area (Å²) in [7, 11) is -1.93. The molecule has 1 fully saturated rings. The molecule has 6 nitrogen and oxygen atoms in total. The lowest BCUT2D eigenvalue weighted by Gasteiger charge is -2.26. The second-order valence-corrected chi connectivity index (χ2v) is 7.01. The van der Waals surface area contributed by atoms with Crippen LogP contribution >= 0.6 is 0 Å². The first-order chi connectivity index (χ1) is 10.5. The molecular weight excluding hydrogens is 304 g/mol. The Labute approximate surface area is 131 Å². The van der Waals surface area contributed by atoms with E-state index in [9.17, 15) is 13.2 Å². The number of benzene rings is 1. The van der Waals surface area contributed by atoms with Crippen molar-refractivity contribution in [1.82, 2.24) is 4.72 Å². The van der Waals surface area contributed by atoms with Crippen molar-refractivity contribution in [3.63, 3.8) is 0 Å². The summed E-state index contributed by atoms with van der Waals surface area (Å²) in [5.74, 6) is 0.0968. The highest BCUT2D eigenvalue weighted by atomic mass is 32.2. The topological polar surface area (TPSA) is 75.7 Å². The van der Waals surface area contributed by atoms with Crippen molar-refractivity contribution in [2.45, 2.75) is 30.6 Å². The van der Waals surface area contributed by atoms with Gasteiger partial charge in [-0.2, -0.15) is 0 Å². The van der Waals surface area contributed by atoms with Gasteiger partial charge in [-0.15, -0.1) is 0 Å². The minimum Gasteiger partial charge on any atom is -0.385 e. The zero-order chi connectivity index (χ0) is 16.0. The smallest absolute Gasteiger partial charge is 0.240 e. The van der Waals surface area contributed by atoms with Crippen molar-refractivity contribution in [3.8, 4) is 0 Å². The van der Waals surface area contributed by atoms with E-state index in [1.165, 1.54) is 12.1 Å². The quantitative estimate of drug-likeness (QED) is 0.771. The highest BCUT2D eigenvalue weighted by molar-refractivity contribution is 7.89. The van der Waals surface area contributed by atoms with Gasteiger partial charge in [0, 0.05) is 38.9 Å². The summed E-state index contributed by atoms with van der Waals surface area (Å²) in [4.78, 5) is 13.8. The molecule has 1 aliphatic heterocycles. The number of amides is 1. The number of hydrogen-bond donors (Lipinski definition) is 1. The number of ether oxygens (including phenoxy) is 1. The van der Waals surface area contributed by atoms with Crippen molar-refractivity contribution >= 4 is 21.6 Å². The number of carbonyl (C=O) groups excluding carboxylic acids is 1. The van der Waals surface area contributed by atoms with E-state index in [4.69, 9.17) is 4.74 Å². The van der Waals surface area contributed by atoms with E-state index in [-0.39, 0.29) is 10.8 Å². The van der Waals surface area contributed by atoms with Crippen LogP contribution in [0.2, 0.25) is 0 Å². The minimum absolute atomic E-state index is 0.0968. The lowest BCUT2D eigenvalue weighted by molar-refractivity contribution is -0.119. The molecule has 0 saturated carbocycles. The van der Waals surface area contributed by atoms with Crippen LogP contribution < -0.4 is 9.62 Å². The lowest BCUT2D eigenvalue weighted by atomic mass is 10.1. The number of nitrogens with zero attached hydrogens (tertiary/aromatic N) is 1. The van der Waals surface area contributed by atoms with Crippen molar-refractivity contribution in [2.24, 2.45) is 0 Å². The Morgan fingerprint density at radius 1 is 1.23 bits per heavy atom. The van der Waals surface area contributed by atoms with Crippen LogP contribution in [0.5, 0.6) is 0 Å². The average Bonchev–Trinajstić information content (AvgIpc) is 2.52. The SMILES string of the molecule is COCCCNS(=O)(=O)c1ccc(N2CCCCC2=O)cc1. The van der Waals surface area contributed by atoms with Crippen LogP contribution in [0.1, 0.15) is 25.7 Å². The highest BCUT2D eigenvalue weighted by Gasteiger charge is 2.20. The van der Waals surface area contributed by atoms with Gasteiger partial charge in [0.15, 0.2) is 0 Å². The van der Waals surface area contributed by atoms with Gasteiger partial charge in [-0.1, -0.05) is 0 Å². The van der Waals surface area contributed by atoms with Crippen LogP contribution in [0.15, 0.2) is 29.2 Å². The van der Waals surface area contributed by atoms with Gasteiger partial charge >= 0.3 is 0 Å². The number of nitrogens with one attached hydrogen (secondary N) is 1. The summed E-state index contributed by atoms with van der Waals surface area (Å²) in [6.07, 6.45) is 3.08. The predicted octanol–water partition coefficient (Wildman–Crippen LogP) is 1.52. The minimum atomic E-state index is -3.51. The first-order valence-corrected chi connectivity index (χ1v) is 8.92. The standard InChI is InChI=1S/C15H22N2O4S/c1-21-12-4-10-16-22(19,20)14-8-6-13(7-9-14)17-11-3-2-5-15(17)18/h6-9,16H,2-5,10-12H2,1H3. The largest absolute Gasteiger partial charge is 0.385 e. The van der Waals surface area contributed by atoms with Gasteiger partial charge in [-0.3, -0.25) is 4.79 Å². The van der Waals surface area contributed by atoms with E-state index >= 15 is 0 Å². The van der Waals surface area contributed by atoms with Gasteiger partial charge in [0.2, 0.25) is 15.9 Å². The van der Waals surface area contributed by atoms with Crippen LogP contribution in [0.25, 0.3) is 0 Å². The maximum absolute atomic E-state index is 12.1. The van der Waals surface area contributed by atoms with E-state index in [1.807, 2.05) is 0 Å². The first-order valence-electron chi connectivity index (χ1n) is 7.43. The molecule has 0 spiro atoms. The second-order valence-electron chi connectivity index (χ2n) is 5.24. The number of piperidine rings is 1. The van der Waals surface area contributed by atoms with Crippen LogP contribution in [0.3, 0.4) is 0 Å². The first kappa shape index (κ1) is 16.9. The van der Waals surface area contributed by atoms with Crippen molar-refractivity contribution in [3.05, 3.63) is 24.3 Å². The number of methoxy groups -OCH3 is 1. The Balaban J connectivity index is 2.03. The van der Waals surface area contributed by atoms with Gasteiger partial charge in [0.25, 0.3) is 0 Å². The Hall–Kier alpha value is -1.44. The fourth-order valence-electron chi connectivity index (χ4n) is 2.39. The van der Waals surface area contributed by atoms with E-state index in [0.29, 0.717) is 32.5 Å². The zero-order valence-corrected chi connectivity index (χ0v) is 13.6. The number of anilines is 1. The molecule has 0 unspecified atom stereocenters. The van der Waals surface area contributed by atoms with Crippen LogP contribution in [0.4, 0.5) is 5.69 Å². The molecule has 1 aromatic rings. The predicted molar refractivity (Wildman–Crippen MR) is 84.3 cm³/mol. The van der Waals surface area contributed by atoms with Crippen molar-refractivity contribution < 1.29 is 17.9 Å². The zero-order valence-electron chi connectivity index (χ0n) is 12.7. The van der Waals surface area contributed by atoms with Crippen LogP contribution in [-0.4, -0.2) is 41.1 Å². The third-order valence-electron chi connectivity index (χ3n) is 3.60. The van der Waals surface area contributed by atoms with Gasteiger partial charge in [0.05, 0.1) is 4.90 Å². The Morgan fingerprint density at radius 2 is 1.95 bits per heavy atom. The van der Waals surface area contributed by atoms with Crippen molar-refractivity contribution in [1.29, 1.82) is 0 Å². The Kier molecular flexibility index (Phi) is 5.93. The third-order valence-corrected chi connectivity index (χ3v) is 5.08. The molecule has 0 atom stereocenters. The maximum Gasteiger partial charge on any atom is 0.240 e. The summed E-state index contributed by atoms with van der Waals surface area (Å²) in [5, 5.41) is 0. The average molecular weight is 326 g/mol. The monoisotopic (exact) mass is 326 g/mol. The van der Waals surface area contributed by atoms with Gasteiger partial charge < -0.3 is 9.64 Å². The molecule has 2 rings (SSSR count). The number of rotatable bonds is 7. The molecule has 0 aliphatic carbocycles. The molecule has 0 bridgehead atoms. The van der Waals surface area contributed by atoms with E-state index in [0.717, 1.165) is 18.5 Å². The fourth-order valence-corrected chi connectivity index (χ4v) is 3.46. The van der Waals surface area contributed by atoms with Crippen LogP contribution in [0, 0.1) is 0 Å². The maximum atomic E-state index is 12.1. The second kappa shape index (κ2) is 7.71. The summed E-state index contributed by atoms with van der Waals surface area (Å²) >= 11 is 0. The number of hydrogen-bond acceptors (Lipinski definition) is 4. The highest BCUT2D eigenvalue weighted by Crippen LogP contribution is 2.22. The van der Waals surface area contributed by atoms with E-state index in [2.05, 4.69) is 4.72 Å². The molecule has 1 N–H and O–H groups in total. The molecule has 1 amide bonds. The van der Waals surface area contributed by atoms with E-state index < -0.39 is 10.0 Å². The molecule has 22 heavy (non-hydrogen) atoms. The van der Waals surface area contributed by atoms with Crippen molar-refractivity contribution in [2.75, 3.05) is 31.7 Å². The number of sulfonamides is 1. The summed E-state index contributed by atoms with van der Waals surface area (Å²) in [6, 6.07) is 6.45. The van der Waals surface area contributed by atoms with Gasteiger partial charge in [-0.05, 0) is 43.5 Å². The molecule has 1 aromatic carbocycles. The summed E-state index contributed by atoms with van der Waals surface area (Å²) < 4.78 is 31.6.